The molecule has 2 N–H and O–H groups in total. The Morgan fingerprint density at radius 3 is 2.55 bits per heavy atom. The second-order valence-electron chi connectivity index (χ2n) is 4.98. The lowest BCUT2D eigenvalue weighted by molar-refractivity contribution is -0.125. The highest BCUT2D eigenvalue weighted by Gasteiger charge is 2.17. The molecule has 1 aliphatic carbocycles. The number of hydrogen-bond acceptors (Lipinski definition) is 2. The van der Waals surface area contributed by atoms with Crippen LogP contribution in [-0.2, 0) is 11.3 Å². The molecule has 1 aromatic carbocycles. The standard InChI is InChI=1S/C16H20N2O2/c1-17-15(19)14-9-7-12(8-10-14)11-18-16(20)13-5-3-2-4-6-13/h2-3,7-10,13H,4-6,11H2,1H3,(H,17,19)(H,18,20)/t13-/m0/s1. The van der Waals surface area contributed by atoms with E-state index < -0.39 is 0 Å². The Labute approximate surface area is 119 Å². The molecule has 0 radical (unpaired) electrons. The lowest BCUT2D eigenvalue weighted by atomic mass is 9.93. The van der Waals surface area contributed by atoms with Gasteiger partial charge >= 0.3 is 0 Å². The van der Waals surface area contributed by atoms with Gasteiger partial charge in [-0.3, -0.25) is 9.59 Å². The molecule has 0 unspecified atom stereocenters. The highest BCUT2D eigenvalue weighted by atomic mass is 16.2. The summed E-state index contributed by atoms with van der Waals surface area (Å²) < 4.78 is 0. The molecular weight excluding hydrogens is 252 g/mol. The number of carbonyl (C=O) groups excluding carboxylic acids is 2. The number of nitrogens with one attached hydrogen (secondary N) is 2. The lowest BCUT2D eigenvalue weighted by Crippen LogP contribution is -2.30. The summed E-state index contributed by atoms with van der Waals surface area (Å²) in [6.45, 7) is 0.507. The maximum Gasteiger partial charge on any atom is 0.251 e. The summed E-state index contributed by atoms with van der Waals surface area (Å²) in [6, 6.07) is 7.27. The Morgan fingerprint density at radius 2 is 1.95 bits per heavy atom. The fourth-order valence-electron chi connectivity index (χ4n) is 2.28. The average Bonchev–Trinajstić information content (AvgIpc) is 2.53. The summed E-state index contributed by atoms with van der Waals surface area (Å²) >= 11 is 0. The van der Waals surface area contributed by atoms with Gasteiger partial charge in [-0.2, -0.15) is 0 Å². The quantitative estimate of drug-likeness (QED) is 0.824. The van der Waals surface area contributed by atoms with Crippen LogP contribution in [0.1, 0.15) is 35.2 Å². The van der Waals surface area contributed by atoms with Crippen LogP contribution < -0.4 is 10.6 Å². The SMILES string of the molecule is CNC(=O)c1ccc(CNC(=O)[C@H]2CC=CCC2)cc1. The predicted molar refractivity (Wildman–Crippen MR) is 78.2 cm³/mol. The van der Waals surface area contributed by atoms with Crippen molar-refractivity contribution in [1.82, 2.24) is 10.6 Å². The van der Waals surface area contributed by atoms with Gasteiger partial charge in [0.05, 0.1) is 0 Å². The topological polar surface area (TPSA) is 58.2 Å². The van der Waals surface area contributed by atoms with Gasteiger partial charge in [-0.25, -0.2) is 0 Å². The van der Waals surface area contributed by atoms with Crippen LogP contribution in [0.15, 0.2) is 36.4 Å². The van der Waals surface area contributed by atoms with Gasteiger partial charge in [0.1, 0.15) is 0 Å². The van der Waals surface area contributed by atoms with Gasteiger partial charge in [0.2, 0.25) is 5.91 Å². The van der Waals surface area contributed by atoms with Crippen LogP contribution in [-0.4, -0.2) is 18.9 Å². The average molecular weight is 272 g/mol. The minimum absolute atomic E-state index is 0.102. The molecule has 0 aliphatic heterocycles. The molecule has 0 heterocycles. The molecule has 0 aromatic heterocycles. The molecule has 4 nitrogen and oxygen atoms in total. The van der Waals surface area contributed by atoms with Crippen LogP contribution in [0.3, 0.4) is 0 Å². The van der Waals surface area contributed by atoms with E-state index in [2.05, 4.69) is 22.8 Å². The summed E-state index contributed by atoms with van der Waals surface area (Å²) in [5.74, 6) is 0.115. The molecule has 1 aromatic rings. The van der Waals surface area contributed by atoms with E-state index >= 15 is 0 Å². The minimum atomic E-state index is -0.102. The molecule has 2 amide bonds. The van der Waals surface area contributed by atoms with E-state index in [1.165, 1.54) is 0 Å². The van der Waals surface area contributed by atoms with Crippen molar-refractivity contribution in [2.75, 3.05) is 7.05 Å². The Kier molecular flexibility index (Phi) is 4.93. The smallest absolute Gasteiger partial charge is 0.251 e. The third-order valence-electron chi connectivity index (χ3n) is 3.55. The first-order valence-corrected chi connectivity index (χ1v) is 6.94. The minimum Gasteiger partial charge on any atom is -0.355 e. The summed E-state index contributed by atoms with van der Waals surface area (Å²) in [5.41, 5.74) is 1.62. The normalized spacial score (nSPS) is 17.6. The van der Waals surface area contributed by atoms with E-state index in [4.69, 9.17) is 0 Å². The van der Waals surface area contributed by atoms with Crippen LogP contribution in [0.2, 0.25) is 0 Å². The number of rotatable bonds is 4. The van der Waals surface area contributed by atoms with E-state index in [-0.39, 0.29) is 17.7 Å². The molecule has 1 aliphatic rings. The Morgan fingerprint density at radius 1 is 1.20 bits per heavy atom. The zero-order chi connectivity index (χ0) is 14.4. The Hall–Kier alpha value is -2.10. The van der Waals surface area contributed by atoms with E-state index in [1.807, 2.05) is 12.1 Å². The first kappa shape index (κ1) is 14.3. The van der Waals surface area contributed by atoms with Crippen LogP contribution in [0, 0.1) is 5.92 Å². The fourth-order valence-corrected chi connectivity index (χ4v) is 2.28. The number of hydrogen-bond donors (Lipinski definition) is 2. The highest BCUT2D eigenvalue weighted by Crippen LogP contribution is 2.18. The molecule has 2 rings (SSSR count). The Balaban J connectivity index is 1.86. The van der Waals surface area contributed by atoms with Crippen LogP contribution in [0.25, 0.3) is 0 Å². The highest BCUT2D eigenvalue weighted by molar-refractivity contribution is 5.93. The molecule has 0 fully saturated rings. The molecule has 0 saturated carbocycles. The maximum absolute atomic E-state index is 12.0. The fraction of sp³-hybridized carbons (Fsp3) is 0.375. The zero-order valence-corrected chi connectivity index (χ0v) is 11.7. The van der Waals surface area contributed by atoms with Crippen molar-refractivity contribution in [3.63, 3.8) is 0 Å². The van der Waals surface area contributed by atoms with Gasteiger partial charge in [-0.05, 0) is 37.0 Å². The van der Waals surface area contributed by atoms with Crippen LogP contribution >= 0.6 is 0 Å². The van der Waals surface area contributed by atoms with Crippen molar-refractivity contribution in [2.24, 2.45) is 5.92 Å². The van der Waals surface area contributed by atoms with Crippen molar-refractivity contribution < 1.29 is 9.59 Å². The molecule has 0 bridgehead atoms. The molecule has 0 spiro atoms. The van der Waals surface area contributed by atoms with E-state index in [0.717, 1.165) is 24.8 Å². The largest absolute Gasteiger partial charge is 0.355 e. The maximum atomic E-state index is 12.0. The predicted octanol–water partition coefficient (Wildman–Crippen LogP) is 2.02. The van der Waals surface area contributed by atoms with Gasteiger partial charge < -0.3 is 10.6 Å². The number of benzene rings is 1. The summed E-state index contributed by atoms with van der Waals surface area (Å²) in [4.78, 5) is 23.4. The third kappa shape index (κ3) is 3.70. The third-order valence-corrected chi connectivity index (χ3v) is 3.55. The van der Waals surface area contributed by atoms with E-state index in [0.29, 0.717) is 12.1 Å². The molecule has 106 valence electrons. The van der Waals surface area contributed by atoms with Crippen molar-refractivity contribution in [2.45, 2.75) is 25.8 Å². The first-order valence-electron chi connectivity index (χ1n) is 6.94. The second-order valence-corrected chi connectivity index (χ2v) is 4.98. The van der Waals surface area contributed by atoms with Crippen LogP contribution in [0.5, 0.6) is 0 Å². The van der Waals surface area contributed by atoms with E-state index in [9.17, 15) is 9.59 Å². The summed E-state index contributed by atoms with van der Waals surface area (Å²) in [6.07, 6.45) is 6.95. The van der Waals surface area contributed by atoms with Crippen molar-refractivity contribution >= 4 is 11.8 Å². The van der Waals surface area contributed by atoms with Gasteiger partial charge in [-0.1, -0.05) is 24.3 Å². The number of allylic oxidation sites excluding steroid dienone is 2. The zero-order valence-electron chi connectivity index (χ0n) is 11.7. The van der Waals surface area contributed by atoms with Gasteiger partial charge in [0, 0.05) is 25.1 Å². The van der Waals surface area contributed by atoms with E-state index in [1.54, 1.807) is 19.2 Å². The van der Waals surface area contributed by atoms with Gasteiger partial charge in [0.25, 0.3) is 5.91 Å². The van der Waals surface area contributed by atoms with Crippen molar-refractivity contribution in [3.8, 4) is 0 Å². The molecule has 0 saturated heterocycles. The number of carbonyl (C=O) groups is 2. The van der Waals surface area contributed by atoms with Gasteiger partial charge in [-0.15, -0.1) is 0 Å². The summed E-state index contributed by atoms with van der Waals surface area (Å²) in [7, 11) is 1.61. The molecule has 20 heavy (non-hydrogen) atoms. The molecule has 4 heteroatoms. The monoisotopic (exact) mass is 272 g/mol. The first-order chi connectivity index (χ1) is 9.70. The van der Waals surface area contributed by atoms with Crippen molar-refractivity contribution in [1.29, 1.82) is 0 Å². The second kappa shape index (κ2) is 6.89. The molecule has 1 atom stereocenters. The van der Waals surface area contributed by atoms with Crippen LogP contribution in [0.4, 0.5) is 0 Å². The lowest BCUT2D eigenvalue weighted by Gasteiger charge is -2.17. The number of amides is 2. The van der Waals surface area contributed by atoms with Crippen molar-refractivity contribution in [3.05, 3.63) is 47.5 Å². The van der Waals surface area contributed by atoms with Gasteiger partial charge in [0.15, 0.2) is 0 Å². The Bertz CT molecular complexity index is 506. The molecular formula is C16H20N2O2. The summed E-state index contributed by atoms with van der Waals surface area (Å²) in [5, 5.41) is 5.54.